The average molecular weight is 676 g/mol. The van der Waals surface area contributed by atoms with E-state index < -0.39 is 29.0 Å². The maximum atomic E-state index is 14.0. The zero-order chi connectivity index (χ0) is 33.2. The molecule has 2 aliphatic heterocycles. The van der Waals surface area contributed by atoms with Crippen molar-refractivity contribution in [3.05, 3.63) is 92.4 Å². The Morgan fingerprint density at radius 1 is 0.915 bits per heavy atom. The minimum Gasteiger partial charge on any atom is -0.497 e. The van der Waals surface area contributed by atoms with Crippen molar-refractivity contribution >= 4 is 58.2 Å². The Balaban J connectivity index is 1.22. The van der Waals surface area contributed by atoms with Crippen molar-refractivity contribution < 1.29 is 38.1 Å². The molecule has 2 unspecified atom stereocenters. The standard InChI is InChI=1S/C33H29N3O9S2/c1-4-44-32(40)17-5-8-19(9-6-17)34-24(37)16-45-22-14-7-18(15-23(22)43-3)25-26-28(46-29-27(25)47-33(41)35-29)31(39)36(30(26)38)20-10-12-21(42-2)13-11-20/h5-15,25-26,28H,4,16H2,1-3H3,(H,34,37)(H,35,41)/t25-,26?,28?/m1/s1. The monoisotopic (exact) mass is 675 g/mol. The Bertz CT molecular complexity index is 1900. The number of thioether (sulfide) groups is 1. The molecule has 1 aromatic heterocycles. The van der Waals surface area contributed by atoms with E-state index in [1.54, 1.807) is 73.7 Å². The van der Waals surface area contributed by atoms with Crippen LogP contribution < -0.4 is 29.3 Å². The topological polar surface area (TPSA) is 153 Å². The van der Waals surface area contributed by atoms with Gasteiger partial charge in [-0.05, 0) is 73.2 Å². The number of rotatable bonds is 10. The van der Waals surface area contributed by atoms with Gasteiger partial charge in [0.25, 0.3) is 5.91 Å². The lowest BCUT2D eigenvalue weighted by atomic mass is 9.83. The number of benzene rings is 3. The highest BCUT2D eigenvalue weighted by atomic mass is 32.2. The number of H-pyrrole nitrogens is 1. The summed E-state index contributed by atoms with van der Waals surface area (Å²) in [5.74, 6) is -1.87. The molecule has 2 aliphatic rings. The molecule has 4 aromatic rings. The summed E-state index contributed by atoms with van der Waals surface area (Å²) in [5, 5.41) is 2.50. The summed E-state index contributed by atoms with van der Waals surface area (Å²) in [6, 6.07) is 18.0. The molecule has 0 saturated carbocycles. The number of aromatic amines is 1. The first-order valence-corrected chi connectivity index (χ1v) is 16.2. The zero-order valence-corrected chi connectivity index (χ0v) is 27.1. The fourth-order valence-electron chi connectivity index (χ4n) is 5.60. The minimum absolute atomic E-state index is 0.260. The molecule has 3 atom stereocenters. The summed E-state index contributed by atoms with van der Waals surface area (Å²) < 4.78 is 21.6. The number of ether oxygens (including phenoxy) is 4. The molecule has 3 aromatic carbocycles. The highest BCUT2D eigenvalue weighted by Crippen LogP contribution is 2.53. The molecule has 3 heterocycles. The third-order valence-electron chi connectivity index (χ3n) is 7.74. The van der Waals surface area contributed by atoms with E-state index in [0.29, 0.717) is 43.9 Å². The van der Waals surface area contributed by atoms with Crippen LogP contribution in [0.2, 0.25) is 0 Å². The number of thiazole rings is 1. The van der Waals surface area contributed by atoms with Crippen LogP contribution >= 0.6 is 23.1 Å². The van der Waals surface area contributed by atoms with Crippen LogP contribution in [-0.2, 0) is 19.1 Å². The molecule has 12 nitrogen and oxygen atoms in total. The molecule has 14 heteroatoms. The Labute approximate surface area is 277 Å². The van der Waals surface area contributed by atoms with Crippen molar-refractivity contribution in [1.29, 1.82) is 0 Å². The number of nitrogens with one attached hydrogen (secondary N) is 2. The highest BCUT2D eigenvalue weighted by Gasteiger charge is 2.56. The average Bonchev–Trinajstić information content (AvgIpc) is 3.57. The summed E-state index contributed by atoms with van der Waals surface area (Å²) >= 11 is 2.19. The third-order valence-corrected chi connectivity index (χ3v) is 10.1. The van der Waals surface area contributed by atoms with Crippen LogP contribution in [0.1, 0.15) is 33.6 Å². The second-order valence-electron chi connectivity index (χ2n) is 10.5. The summed E-state index contributed by atoms with van der Waals surface area (Å²) in [6.45, 7) is 1.64. The highest BCUT2D eigenvalue weighted by molar-refractivity contribution is 8.00. The summed E-state index contributed by atoms with van der Waals surface area (Å²) in [5.41, 5.74) is 1.91. The van der Waals surface area contributed by atoms with Crippen LogP contribution in [0.15, 0.2) is 76.6 Å². The number of carbonyl (C=O) groups excluding carboxylic acids is 4. The van der Waals surface area contributed by atoms with Gasteiger partial charge in [0, 0.05) is 16.5 Å². The van der Waals surface area contributed by atoms with Crippen molar-refractivity contribution in [2.75, 3.05) is 37.7 Å². The number of hydrogen-bond acceptors (Lipinski definition) is 11. The van der Waals surface area contributed by atoms with Crippen molar-refractivity contribution in [3.63, 3.8) is 0 Å². The number of methoxy groups -OCH3 is 2. The molecular weight excluding hydrogens is 647 g/mol. The van der Waals surface area contributed by atoms with Gasteiger partial charge in [0.2, 0.25) is 11.8 Å². The first kappa shape index (κ1) is 31.9. The van der Waals surface area contributed by atoms with E-state index in [0.717, 1.165) is 11.3 Å². The van der Waals surface area contributed by atoms with Gasteiger partial charge in [-0.1, -0.05) is 29.2 Å². The first-order chi connectivity index (χ1) is 22.7. The van der Waals surface area contributed by atoms with E-state index in [9.17, 15) is 24.0 Å². The van der Waals surface area contributed by atoms with Crippen LogP contribution in [0.4, 0.5) is 11.4 Å². The Kier molecular flexibility index (Phi) is 9.05. The van der Waals surface area contributed by atoms with Gasteiger partial charge in [-0.25, -0.2) is 9.69 Å². The van der Waals surface area contributed by atoms with Gasteiger partial charge in [0.15, 0.2) is 18.1 Å². The minimum atomic E-state index is -0.786. The number of anilines is 2. The van der Waals surface area contributed by atoms with Crippen LogP contribution in [0.5, 0.6) is 17.2 Å². The van der Waals surface area contributed by atoms with Crippen LogP contribution in [-0.4, -0.2) is 61.4 Å². The van der Waals surface area contributed by atoms with Crippen LogP contribution in [0.3, 0.4) is 0 Å². The van der Waals surface area contributed by atoms with Gasteiger partial charge in [-0.3, -0.25) is 19.2 Å². The van der Waals surface area contributed by atoms with E-state index >= 15 is 0 Å². The molecule has 1 fully saturated rings. The lowest BCUT2D eigenvalue weighted by Crippen LogP contribution is -2.32. The molecule has 1 saturated heterocycles. The number of aromatic nitrogens is 1. The van der Waals surface area contributed by atoms with Crippen LogP contribution in [0, 0.1) is 5.92 Å². The number of esters is 1. The molecule has 47 heavy (non-hydrogen) atoms. The lowest BCUT2D eigenvalue weighted by Gasteiger charge is -2.30. The number of amides is 3. The summed E-state index contributed by atoms with van der Waals surface area (Å²) in [6.07, 6.45) is 0. The molecule has 2 N–H and O–H groups in total. The van der Waals surface area contributed by atoms with Gasteiger partial charge in [-0.2, -0.15) is 0 Å². The van der Waals surface area contributed by atoms with E-state index in [-0.39, 0.29) is 35.7 Å². The van der Waals surface area contributed by atoms with E-state index in [1.807, 2.05) is 0 Å². The normalized spacial score (nSPS) is 18.3. The molecule has 3 amide bonds. The van der Waals surface area contributed by atoms with Gasteiger partial charge in [0.1, 0.15) is 11.0 Å². The maximum Gasteiger partial charge on any atom is 0.338 e. The predicted octanol–water partition coefficient (Wildman–Crippen LogP) is 4.44. The number of hydrogen-bond donors (Lipinski definition) is 2. The molecule has 242 valence electrons. The Hall–Kier alpha value is -5.08. The van der Waals surface area contributed by atoms with Gasteiger partial charge >= 0.3 is 10.8 Å². The zero-order valence-electron chi connectivity index (χ0n) is 25.4. The molecule has 0 radical (unpaired) electrons. The fourth-order valence-corrected chi connectivity index (χ4v) is 8.12. The van der Waals surface area contributed by atoms with Gasteiger partial charge in [-0.15, -0.1) is 0 Å². The SMILES string of the molecule is CCOC(=O)c1ccc(NC(=O)COc2ccc([C@H]3c4sc(=O)[nH]c4SC4C(=O)N(c5ccc(OC)cc5)C(=O)C43)cc2OC)cc1. The van der Waals surface area contributed by atoms with Crippen molar-refractivity contribution in [1.82, 2.24) is 4.98 Å². The Morgan fingerprint density at radius 2 is 1.66 bits per heavy atom. The molecule has 6 rings (SSSR count). The maximum absolute atomic E-state index is 14.0. The molecule has 0 bridgehead atoms. The largest absolute Gasteiger partial charge is 0.497 e. The van der Waals surface area contributed by atoms with Gasteiger partial charge in [0.05, 0.1) is 43.0 Å². The summed E-state index contributed by atoms with van der Waals surface area (Å²) in [4.78, 5) is 69.0. The number of imide groups is 1. The predicted molar refractivity (Wildman–Crippen MR) is 175 cm³/mol. The molecule has 0 aliphatic carbocycles. The summed E-state index contributed by atoms with van der Waals surface area (Å²) in [7, 11) is 2.98. The van der Waals surface area contributed by atoms with Crippen molar-refractivity contribution in [3.8, 4) is 17.2 Å². The second-order valence-corrected chi connectivity index (χ2v) is 12.7. The smallest absolute Gasteiger partial charge is 0.338 e. The number of fused-ring (bicyclic) bond motifs is 2. The molecular formula is C33H29N3O9S2. The van der Waals surface area contributed by atoms with E-state index in [2.05, 4.69) is 10.3 Å². The van der Waals surface area contributed by atoms with Crippen LogP contribution in [0.25, 0.3) is 0 Å². The first-order valence-electron chi connectivity index (χ1n) is 14.5. The number of nitrogens with zero attached hydrogens (tertiary/aromatic N) is 1. The van der Waals surface area contributed by atoms with Crippen molar-refractivity contribution in [2.45, 2.75) is 23.1 Å². The third kappa shape index (κ3) is 6.21. The van der Waals surface area contributed by atoms with E-state index in [1.165, 1.54) is 30.9 Å². The second kappa shape index (κ2) is 13.3. The number of carbonyl (C=O) groups is 4. The van der Waals surface area contributed by atoms with E-state index in [4.69, 9.17) is 18.9 Å². The quantitative estimate of drug-likeness (QED) is 0.182. The molecule has 0 spiro atoms. The Morgan fingerprint density at radius 3 is 2.34 bits per heavy atom. The fraction of sp³-hybridized carbons (Fsp3) is 0.242. The van der Waals surface area contributed by atoms with Crippen molar-refractivity contribution in [2.24, 2.45) is 5.92 Å². The lowest BCUT2D eigenvalue weighted by molar-refractivity contribution is -0.122. The van der Waals surface area contributed by atoms with Gasteiger partial charge < -0.3 is 29.2 Å².